The van der Waals surface area contributed by atoms with E-state index < -0.39 is 5.97 Å². The number of carboxylic acid groups (broad SMARTS) is 1. The van der Waals surface area contributed by atoms with Crippen molar-refractivity contribution < 1.29 is 23.8 Å². The summed E-state index contributed by atoms with van der Waals surface area (Å²) in [7, 11) is 0. The van der Waals surface area contributed by atoms with Crippen LogP contribution in [-0.4, -0.2) is 41.7 Å². The molecule has 1 amide bonds. The molecule has 2 aromatic rings. The van der Waals surface area contributed by atoms with Crippen LogP contribution in [0.3, 0.4) is 0 Å². The maximum Gasteiger partial charge on any atom is 0.329 e. The maximum absolute atomic E-state index is 11.8. The summed E-state index contributed by atoms with van der Waals surface area (Å²) >= 11 is 1.55. The summed E-state index contributed by atoms with van der Waals surface area (Å²) in [5, 5.41) is 14.9. The van der Waals surface area contributed by atoms with Crippen molar-refractivity contribution in [2.45, 2.75) is 13.3 Å². The standard InChI is InChI=1S/C14H16N2O5S/c1-9-11(16-14(21-9)10-2-5-22-8-10)6-12(17)15-3-4-20-7-13(18)19/h2,5,8H,3-4,6-7H2,1H3,(H,15,17)(H,18,19). The molecule has 118 valence electrons. The van der Waals surface area contributed by atoms with Crippen LogP contribution in [0.1, 0.15) is 11.5 Å². The highest BCUT2D eigenvalue weighted by Gasteiger charge is 2.14. The van der Waals surface area contributed by atoms with Gasteiger partial charge in [0, 0.05) is 17.5 Å². The smallest absolute Gasteiger partial charge is 0.329 e. The Morgan fingerprint density at radius 3 is 3.00 bits per heavy atom. The van der Waals surface area contributed by atoms with E-state index >= 15 is 0 Å². The third-order valence-corrected chi connectivity index (χ3v) is 3.47. The van der Waals surface area contributed by atoms with Crippen molar-refractivity contribution in [3.05, 3.63) is 28.3 Å². The lowest BCUT2D eigenvalue weighted by molar-refractivity contribution is -0.142. The zero-order valence-corrected chi connectivity index (χ0v) is 12.8. The van der Waals surface area contributed by atoms with Crippen molar-refractivity contribution in [3.8, 4) is 11.5 Å². The molecule has 22 heavy (non-hydrogen) atoms. The van der Waals surface area contributed by atoms with E-state index in [1.54, 1.807) is 18.3 Å². The number of rotatable bonds is 8. The van der Waals surface area contributed by atoms with E-state index in [4.69, 9.17) is 14.3 Å². The number of aromatic nitrogens is 1. The van der Waals surface area contributed by atoms with Gasteiger partial charge in [-0.15, -0.1) is 0 Å². The number of amides is 1. The lowest BCUT2D eigenvalue weighted by Gasteiger charge is -2.04. The van der Waals surface area contributed by atoms with Gasteiger partial charge >= 0.3 is 5.97 Å². The van der Waals surface area contributed by atoms with Crippen molar-refractivity contribution in [2.24, 2.45) is 0 Å². The summed E-state index contributed by atoms with van der Waals surface area (Å²) in [5.74, 6) is -0.137. The van der Waals surface area contributed by atoms with Crippen LogP contribution in [0.25, 0.3) is 11.5 Å². The molecule has 0 aliphatic carbocycles. The lowest BCUT2D eigenvalue weighted by Crippen LogP contribution is -2.29. The van der Waals surface area contributed by atoms with Gasteiger partial charge in [-0.3, -0.25) is 4.79 Å². The summed E-state index contributed by atoms with van der Waals surface area (Å²) in [6.07, 6.45) is 0.110. The SMILES string of the molecule is Cc1oc(-c2ccsc2)nc1CC(=O)NCCOCC(=O)O. The number of carboxylic acids is 1. The number of hydrogen-bond donors (Lipinski definition) is 2. The van der Waals surface area contributed by atoms with E-state index in [2.05, 4.69) is 10.3 Å². The fourth-order valence-corrected chi connectivity index (χ4v) is 2.37. The fourth-order valence-electron chi connectivity index (χ4n) is 1.74. The first kappa shape index (κ1) is 16.2. The van der Waals surface area contributed by atoms with Crippen LogP contribution in [0.4, 0.5) is 0 Å². The van der Waals surface area contributed by atoms with Crippen molar-refractivity contribution in [2.75, 3.05) is 19.8 Å². The molecular formula is C14H16N2O5S. The number of aliphatic carboxylic acids is 1. The van der Waals surface area contributed by atoms with Crippen LogP contribution >= 0.6 is 11.3 Å². The number of thiophene rings is 1. The molecule has 2 N–H and O–H groups in total. The molecule has 0 spiro atoms. The number of aryl methyl sites for hydroxylation is 1. The maximum atomic E-state index is 11.8. The molecule has 0 saturated carbocycles. The molecule has 0 saturated heterocycles. The van der Waals surface area contributed by atoms with Crippen LogP contribution in [0, 0.1) is 6.92 Å². The molecule has 2 aromatic heterocycles. The highest BCUT2D eigenvalue weighted by atomic mass is 32.1. The molecular weight excluding hydrogens is 308 g/mol. The molecule has 0 aliphatic heterocycles. The van der Waals surface area contributed by atoms with Crippen LogP contribution in [0.5, 0.6) is 0 Å². The summed E-state index contributed by atoms with van der Waals surface area (Å²) in [6.45, 7) is 1.79. The molecule has 2 rings (SSSR count). The molecule has 7 nitrogen and oxygen atoms in total. The van der Waals surface area contributed by atoms with Crippen molar-refractivity contribution >= 4 is 23.2 Å². The number of hydrogen-bond acceptors (Lipinski definition) is 6. The Morgan fingerprint density at radius 1 is 1.50 bits per heavy atom. The normalized spacial score (nSPS) is 10.6. The third-order valence-electron chi connectivity index (χ3n) is 2.78. The summed E-state index contributed by atoms with van der Waals surface area (Å²) in [4.78, 5) is 26.4. The first-order valence-electron chi connectivity index (χ1n) is 6.61. The lowest BCUT2D eigenvalue weighted by atomic mass is 10.2. The average molecular weight is 324 g/mol. The van der Waals surface area contributed by atoms with Gasteiger partial charge in [-0.05, 0) is 18.4 Å². The van der Waals surface area contributed by atoms with E-state index in [9.17, 15) is 9.59 Å². The van der Waals surface area contributed by atoms with Gasteiger partial charge in [-0.1, -0.05) is 0 Å². The van der Waals surface area contributed by atoms with Gasteiger partial charge in [0.25, 0.3) is 0 Å². The Kier molecular flexibility index (Phi) is 5.68. The number of oxazole rings is 1. The molecule has 2 heterocycles. The van der Waals surface area contributed by atoms with Gasteiger partial charge in [0.15, 0.2) is 0 Å². The molecule has 0 unspecified atom stereocenters. The monoisotopic (exact) mass is 324 g/mol. The quantitative estimate of drug-likeness (QED) is 0.713. The minimum absolute atomic E-state index is 0.110. The van der Waals surface area contributed by atoms with E-state index in [-0.39, 0.29) is 32.1 Å². The van der Waals surface area contributed by atoms with E-state index in [1.165, 1.54) is 0 Å². The van der Waals surface area contributed by atoms with Crippen LogP contribution < -0.4 is 5.32 Å². The number of nitrogens with zero attached hydrogens (tertiary/aromatic N) is 1. The molecule has 0 aliphatic rings. The molecule has 0 bridgehead atoms. The minimum atomic E-state index is -1.04. The molecule has 8 heteroatoms. The Balaban J connectivity index is 1.80. The zero-order chi connectivity index (χ0) is 15.9. The van der Waals surface area contributed by atoms with Gasteiger partial charge in [0.05, 0.1) is 18.7 Å². The second-order valence-electron chi connectivity index (χ2n) is 4.51. The molecule has 0 fully saturated rings. The molecule has 0 aromatic carbocycles. The van der Waals surface area contributed by atoms with E-state index in [1.807, 2.05) is 16.8 Å². The zero-order valence-electron chi connectivity index (χ0n) is 12.0. The first-order chi connectivity index (χ1) is 10.6. The van der Waals surface area contributed by atoms with Crippen LogP contribution in [0.15, 0.2) is 21.2 Å². The second-order valence-corrected chi connectivity index (χ2v) is 5.29. The first-order valence-corrected chi connectivity index (χ1v) is 7.55. The largest absolute Gasteiger partial charge is 0.480 e. The summed E-state index contributed by atoms with van der Waals surface area (Å²) < 4.78 is 10.4. The van der Waals surface area contributed by atoms with Crippen LogP contribution in [0.2, 0.25) is 0 Å². The number of ether oxygens (including phenoxy) is 1. The number of carbonyl (C=O) groups is 2. The predicted octanol–water partition coefficient (Wildman–Crippen LogP) is 1.47. The average Bonchev–Trinajstić information content (AvgIpc) is 3.08. The van der Waals surface area contributed by atoms with E-state index in [0.717, 1.165) is 5.56 Å². The predicted molar refractivity (Wildman–Crippen MR) is 79.7 cm³/mol. The van der Waals surface area contributed by atoms with Gasteiger partial charge in [-0.2, -0.15) is 11.3 Å². The minimum Gasteiger partial charge on any atom is -0.480 e. The van der Waals surface area contributed by atoms with Gasteiger partial charge in [0.2, 0.25) is 11.8 Å². The Morgan fingerprint density at radius 2 is 2.32 bits per heavy atom. The summed E-state index contributed by atoms with van der Waals surface area (Å²) in [6, 6.07) is 1.90. The van der Waals surface area contributed by atoms with Crippen molar-refractivity contribution in [1.82, 2.24) is 10.3 Å². The number of nitrogens with one attached hydrogen (secondary N) is 1. The highest BCUT2D eigenvalue weighted by molar-refractivity contribution is 7.08. The Hall–Kier alpha value is -2.19. The second kappa shape index (κ2) is 7.71. The van der Waals surface area contributed by atoms with Crippen molar-refractivity contribution in [1.29, 1.82) is 0 Å². The summed E-state index contributed by atoms with van der Waals surface area (Å²) in [5.41, 5.74) is 1.48. The molecule has 0 atom stereocenters. The van der Waals surface area contributed by atoms with E-state index in [0.29, 0.717) is 17.3 Å². The molecule has 0 radical (unpaired) electrons. The fraction of sp³-hybridized carbons (Fsp3) is 0.357. The number of carbonyl (C=O) groups excluding carboxylic acids is 1. The van der Waals surface area contributed by atoms with Crippen molar-refractivity contribution in [3.63, 3.8) is 0 Å². The van der Waals surface area contributed by atoms with Gasteiger partial charge < -0.3 is 19.6 Å². The van der Waals surface area contributed by atoms with Gasteiger partial charge in [0.1, 0.15) is 12.4 Å². The highest BCUT2D eigenvalue weighted by Crippen LogP contribution is 2.23. The topological polar surface area (TPSA) is 102 Å². The Labute approximate surface area is 130 Å². The third kappa shape index (κ3) is 4.68. The Bertz CT molecular complexity index is 636. The van der Waals surface area contributed by atoms with Gasteiger partial charge in [-0.25, -0.2) is 9.78 Å². The van der Waals surface area contributed by atoms with Crippen LogP contribution in [-0.2, 0) is 20.7 Å².